The van der Waals surface area contributed by atoms with E-state index < -0.39 is 10.0 Å². The Labute approximate surface area is 158 Å². The van der Waals surface area contributed by atoms with E-state index in [-0.39, 0.29) is 22.4 Å². The molecule has 0 aliphatic carbocycles. The molecule has 1 N–H and O–H groups in total. The SMILES string of the molecule is CCn1ccc(C(=O)NC2CCN(S(=O)(=O)c3ccccc3)CC2)cc1=O. The number of carbonyl (C=O) groups is 1. The fourth-order valence-electron chi connectivity index (χ4n) is 3.16. The van der Waals surface area contributed by atoms with Gasteiger partial charge in [0.15, 0.2) is 0 Å². The van der Waals surface area contributed by atoms with Crippen molar-refractivity contribution in [1.82, 2.24) is 14.2 Å². The number of nitrogens with zero attached hydrogens (tertiary/aromatic N) is 2. The van der Waals surface area contributed by atoms with E-state index in [2.05, 4.69) is 5.32 Å². The van der Waals surface area contributed by atoms with E-state index in [4.69, 9.17) is 0 Å². The highest BCUT2D eigenvalue weighted by atomic mass is 32.2. The Bertz CT molecular complexity index is 962. The van der Waals surface area contributed by atoms with Crippen LogP contribution in [-0.2, 0) is 16.6 Å². The first-order chi connectivity index (χ1) is 12.9. The number of aryl methyl sites for hydroxylation is 1. The van der Waals surface area contributed by atoms with Crippen LogP contribution in [0.25, 0.3) is 0 Å². The highest BCUT2D eigenvalue weighted by Gasteiger charge is 2.29. The maximum Gasteiger partial charge on any atom is 0.251 e. The molecule has 1 fully saturated rings. The van der Waals surface area contributed by atoms with Crippen molar-refractivity contribution in [3.05, 3.63) is 64.6 Å². The van der Waals surface area contributed by atoms with Gasteiger partial charge >= 0.3 is 0 Å². The minimum atomic E-state index is -3.50. The number of pyridine rings is 1. The quantitative estimate of drug-likeness (QED) is 0.838. The fraction of sp³-hybridized carbons (Fsp3) is 0.368. The predicted molar refractivity (Wildman–Crippen MR) is 102 cm³/mol. The molecule has 1 amide bonds. The summed E-state index contributed by atoms with van der Waals surface area (Å²) in [6, 6.07) is 11.2. The highest BCUT2D eigenvalue weighted by molar-refractivity contribution is 7.89. The highest BCUT2D eigenvalue weighted by Crippen LogP contribution is 2.20. The van der Waals surface area contributed by atoms with Crippen LogP contribution in [0.5, 0.6) is 0 Å². The molecule has 8 heteroatoms. The lowest BCUT2D eigenvalue weighted by molar-refractivity contribution is 0.0923. The number of amides is 1. The molecule has 1 saturated heterocycles. The van der Waals surface area contributed by atoms with Gasteiger partial charge in [-0.3, -0.25) is 9.59 Å². The summed E-state index contributed by atoms with van der Waals surface area (Å²) in [4.78, 5) is 24.5. The maximum absolute atomic E-state index is 12.6. The lowest BCUT2D eigenvalue weighted by Crippen LogP contribution is -2.46. The third kappa shape index (κ3) is 4.28. The van der Waals surface area contributed by atoms with Gasteiger partial charge in [0, 0.05) is 43.5 Å². The number of piperidine rings is 1. The van der Waals surface area contributed by atoms with Gasteiger partial charge < -0.3 is 9.88 Å². The molecule has 27 heavy (non-hydrogen) atoms. The zero-order valence-corrected chi connectivity index (χ0v) is 16.0. The molecule has 0 saturated carbocycles. The van der Waals surface area contributed by atoms with E-state index in [1.165, 1.54) is 14.9 Å². The maximum atomic E-state index is 12.6. The molecule has 0 bridgehead atoms. The second kappa shape index (κ2) is 8.06. The molecule has 3 rings (SSSR count). The summed E-state index contributed by atoms with van der Waals surface area (Å²) in [5.74, 6) is -0.306. The van der Waals surface area contributed by atoms with Gasteiger partial charge in [0.25, 0.3) is 11.5 Å². The summed E-state index contributed by atoms with van der Waals surface area (Å²) in [5, 5.41) is 2.90. The van der Waals surface area contributed by atoms with Crippen LogP contribution in [0.1, 0.15) is 30.1 Å². The summed E-state index contributed by atoms with van der Waals surface area (Å²) in [6.07, 6.45) is 2.67. The molecular weight excluding hydrogens is 366 g/mol. The Morgan fingerprint density at radius 3 is 2.41 bits per heavy atom. The van der Waals surface area contributed by atoms with Gasteiger partial charge in [-0.25, -0.2) is 8.42 Å². The normalized spacial score (nSPS) is 16.2. The smallest absolute Gasteiger partial charge is 0.251 e. The topological polar surface area (TPSA) is 88.5 Å². The second-order valence-corrected chi connectivity index (χ2v) is 8.44. The van der Waals surface area contributed by atoms with Crippen LogP contribution in [-0.4, -0.2) is 42.3 Å². The van der Waals surface area contributed by atoms with Crippen molar-refractivity contribution >= 4 is 15.9 Å². The number of aromatic nitrogens is 1. The van der Waals surface area contributed by atoms with Gasteiger partial charge in [0.05, 0.1) is 4.90 Å². The lowest BCUT2D eigenvalue weighted by atomic mass is 10.1. The van der Waals surface area contributed by atoms with Gasteiger partial charge in [-0.05, 0) is 38.0 Å². The average Bonchev–Trinajstić information content (AvgIpc) is 2.69. The van der Waals surface area contributed by atoms with Crippen LogP contribution >= 0.6 is 0 Å². The van der Waals surface area contributed by atoms with E-state index in [0.717, 1.165) is 0 Å². The van der Waals surface area contributed by atoms with Crippen molar-refractivity contribution < 1.29 is 13.2 Å². The third-order valence-electron chi connectivity index (χ3n) is 4.77. The molecule has 0 atom stereocenters. The Kier molecular flexibility index (Phi) is 5.76. The molecule has 7 nitrogen and oxygen atoms in total. The zero-order valence-electron chi connectivity index (χ0n) is 15.2. The van der Waals surface area contributed by atoms with Crippen molar-refractivity contribution in [1.29, 1.82) is 0 Å². The second-order valence-electron chi connectivity index (χ2n) is 6.50. The van der Waals surface area contributed by atoms with Crippen LogP contribution < -0.4 is 10.9 Å². The van der Waals surface area contributed by atoms with Gasteiger partial charge in [-0.15, -0.1) is 0 Å². The number of sulfonamides is 1. The van der Waals surface area contributed by atoms with Gasteiger partial charge in [0.1, 0.15) is 0 Å². The molecule has 1 aromatic heterocycles. The van der Waals surface area contributed by atoms with E-state index in [9.17, 15) is 18.0 Å². The monoisotopic (exact) mass is 389 g/mol. The Morgan fingerprint density at radius 1 is 1.15 bits per heavy atom. The first kappa shape index (κ1) is 19.3. The molecule has 0 radical (unpaired) electrons. The van der Waals surface area contributed by atoms with Crippen molar-refractivity contribution in [3.8, 4) is 0 Å². The van der Waals surface area contributed by atoms with Crippen molar-refractivity contribution in [2.24, 2.45) is 0 Å². The van der Waals surface area contributed by atoms with Gasteiger partial charge in [-0.2, -0.15) is 4.31 Å². The summed E-state index contributed by atoms with van der Waals surface area (Å²) in [6.45, 7) is 3.10. The molecular formula is C19H23N3O4S. The van der Waals surface area contributed by atoms with E-state index in [0.29, 0.717) is 38.0 Å². The minimum absolute atomic E-state index is 0.117. The standard InChI is InChI=1S/C19H23N3O4S/c1-2-21-11-8-15(14-18(21)23)19(24)20-16-9-12-22(13-10-16)27(25,26)17-6-4-3-5-7-17/h3-8,11,14,16H,2,9-10,12-13H2,1H3,(H,20,24). The Hall–Kier alpha value is -2.45. The number of rotatable bonds is 5. The summed E-state index contributed by atoms with van der Waals surface area (Å²) >= 11 is 0. The van der Waals surface area contributed by atoms with E-state index in [1.54, 1.807) is 42.6 Å². The first-order valence-corrected chi connectivity index (χ1v) is 10.4. The number of benzene rings is 1. The van der Waals surface area contributed by atoms with Crippen LogP contribution in [0, 0.1) is 0 Å². The molecule has 1 aliphatic heterocycles. The molecule has 1 aromatic carbocycles. The van der Waals surface area contributed by atoms with Crippen LogP contribution in [0.4, 0.5) is 0 Å². The lowest BCUT2D eigenvalue weighted by Gasteiger charge is -2.31. The molecule has 2 aromatic rings. The largest absolute Gasteiger partial charge is 0.349 e. The molecule has 144 valence electrons. The van der Waals surface area contributed by atoms with Crippen LogP contribution in [0.3, 0.4) is 0 Å². The fourth-order valence-corrected chi connectivity index (χ4v) is 4.65. The average molecular weight is 389 g/mol. The number of nitrogens with one attached hydrogen (secondary N) is 1. The minimum Gasteiger partial charge on any atom is -0.349 e. The molecule has 1 aliphatic rings. The Morgan fingerprint density at radius 2 is 1.81 bits per heavy atom. The predicted octanol–water partition coefficient (Wildman–Crippen LogP) is 1.45. The van der Waals surface area contributed by atoms with Gasteiger partial charge in [0.2, 0.25) is 10.0 Å². The van der Waals surface area contributed by atoms with Gasteiger partial charge in [-0.1, -0.05) is 18.2 Å². The summed E-state index contributed by atoms with van der Waals surface area (Å²) in [7, 11) is -3.50. The summed E-state index contributed by atoms with van der Waals surface area (Å²) in [5.41, 5.74) is 0.109. The molecule has 2 heterocycles. The number of hydrogen-bond donors (Lipinski definition) is 1. The zero-order chi connectivity index (χ0) is 19.4. The third-order valence-corrected chi connectivity index (χ3v) is 6.68. The molecule has 0 spiro atoms. The first-order valence-electron chi connectivity index (χ1n) is 8.98. The Balaban J connectivity index is 1.60. The van der Waals surface area contributed by atoms with Crippen molar-refractivity contribution in [2.45, 2.75) is 37.2 Å². The molecule has 0 unspecified atom stereocenters. The van der Waals surface area contributed by atoms with Crippen LogP contribution in [0.2, 0.25) is 0 Å². The van der Waals surface area contributed by atoms with E-state index in [1.807, 2.05) is 6.92 Å². The summed E-state index contributed by atoms with van der Waals surface area (Å²) < 4.78 is 28.2. The van der Waals surface area contributed by atoms with Crippen molar-refractivity contribution in [2.75, 3.05) is 13.1 Å². The van der Waals surface area contributed by atoms with E-state index >= 15 is 0 Å². The number of hydrogen-bond acceptors (Lipinski definition) is 4. The van der Waals surface area contributed by atoms with Crippen LogP contribution in [0.15, 0.2) is 58.4 Å². The van der Waals surface area contributed by atoms with Crippen molar-refractivity contribution in [3.63, 3.8) is 0 Å². The number of carbonyl (C=O) groups excluding carboxylic acids is 1.